The van der Waals surface area contributed by atoms with Crippen molar-refractivity contribution in [1.82, 2.24) is 0 Å². The molecule has 0 saturated carbocycles. The summed E-state index contributed by atoms with van der Waals surface area (Å²) in [6.45, 7) is 23.0. The van der Waals surface area contributed by atoms with E-state index in [1.165, 1.54) is 19.3 Å². The summed E-state index contributed by atoms with van der Waals surface area (Å²) in [4.78, 5) is 0. The molecule has 0 heterocycles. The number of hydrogen-bond acceptors (Lipinski definition) is 2. The molecule has 4 N–H and O–H groups in total. The van der Waals surface area contributed by atoms with Gasteiger partial charge in [0, 0.05) is 12.1 Å². The van der Waals surface area contributed by atoms with E-state index in [1.54, 1.807) is 0 Å². The van der Waals surface area contributed by atoms with Crippen molar-refractivity contribution in [3.8, 4) is 0 Å². The van der Waals surface area contributed by atoms with Crippen LogP contribution < -0.4 is 11.5 Å². The number of hydrogen-bond donors (Lipinski definition) is 2. The monoisotopic (exact) mass is 326 g/mol. The summed E-state index contributed by atoms with van der Waals surface area (Å²) in [5, 5.41) is 0. The first kappa shape index (κ1) is 22.9. The van der Waals surface area contributed by atoms with Crippen LogP contribution in [0.4, 0.5) is 0 Å². The molecule has 0 aromatic carbocycles. The standard InChI is InChI=1S/C21H46N2/c1-18(2,3)15-17(23)21(9,10)14-13-20(7,8)12-11-16(22)19(4,5)6/h16-17H,11-15,22-23H2,1-10H3. The fourth-order valence-electron chi connectivity index (χ4n) is 2.89. The van der Waals surface area contributed by atoms with E-state index in [0.29, 0.717) is 10.8 Å². The van der Waals surface area contributed by atoms with Crippen LogP contribution in [0, 0.1) is 21.7 Å². The first-order valence-electron chi connectivity index (χ1n) is 9.47. The molecule has 0 aromatic rings. The van der Waals surface area contributed by atoms with Crippen molar-refractivity contribution in [2.24, 2.45) is 33.1 Å². The van der Waals surface area contributed by atoms with E-state index in [-0.39, 0.29) is 22.9 Å². The predicted octanol–water partition coefficient (Wildman–Crippen LogP) is 5.74. The van der Waals surface area contributed by atoms with Crippen LogP contribution in [0.5, 0.6) is 0 Å². The predicted molar refractivity (Wildman–Crippen MR) is 106 cm³/mol. The van der Waals surface area contributed by atoms with Crippen molar-refractivity contribution < 1.29 is 0 Å². The lowest BCUT2D eigenvalue weighted by Gasteiger charge is -2.38. The van der Waals surface area contributed by atoms with Gasteiger partial charge in [0.2, 0.25) is 0 Å². The highest BCUT2D eigenvalue weighted by molar-refractivity contribution is 4.87. The van der Waals surface area contributed by atoms with E-state index in [2.05, 4.69) is 69.2 Å². The average Bonchev–Trinajstić information content (AvgIpc) is 2.30. The van der Waals surface area contributed by atoms with Crippen LogP contribution in [0.3, 0.4) is 0 Å². The zero-order valence-corrected chi connectivity index (χ0v) is 17.8. The number of nitrogens with two attached hydrogens (primary N) is 2. The Labute approximate surface area is 147 Å². The van der Waals surface area contributed by atoms with Crippen molar-refractivity contribution in [2.75, 3.05) is 0 Å². The molecule has 0 aliphatic heterocycles. The molecule has 0 fully saturated rings. The van der Waals surface area contributed by atoms with E-state index in [9.17, 15) is 0 Å². The topological polar surface area (TPSA) is 52.0 Å². The van der Waals surface area contributed by atoms with Gasteiger partial charge in [0.15, 0.2) is 0 Å². The molecule has 0 bridgehead atoms. The van der Waals surface area contributed by atoms with Gasteiger partial charge < -0.3 is 11.5 Å². The lowest BCUT2D eigenvalue weighted by atomic mass is 9.70. The molecular weight excluding hydrogens is 280 g/mol. The zero-order valence-electron chi connectivity index (χ0n) is 17.8. The maximum atomic E-state index is 6.53. The fraction of sp³-hybridized carbons (Fsp3) is 1.00. The van der Waals surface area contributed by atoms with Gasteiger partial charge in [0.25, 0.3) is 0 Å². The molecule has 2 atom stereocenters. The van der Waals surface area contributed by atoms with E-state index >= 15 is 0 Å². The average molecular weight is 327 g/mol. The van der Waals surface area contributed by atoms with Crippen LogP contribution in [0.25, 0.3) is 0 Å². The summed E-state index contributed by atoms with van der Waals surface area (Å²) in [7, 11) is 0. The molecule has 0 aromatic heterocycles. The molecule has 2 nitrogen and oxygen atoms in total. The minimum Gasteiger partial charge on any atom is -0.327 e. The van der Waals surface area contributed by atoms with E-state index < -0.39 is 0 Å². The Morgan fingerprint density at radius 3 is 1.52 bits per heavy atom. The molecule has 0 aliphatic carbocycles. The summed E-state index contributed by atoms with van der Waals surface area (Å²) in [5.74, 6) is 0. The second-order valence-electron chi connectivity index (χ2n) is 11.5. The van der Waals surface area contributed by atoms with E-state index in [4.69, 9.17) is 11.5 Å². The van der Waals surface area contributed by atoms with Gasteiger partial charge in [-0.2, -0.15) is 0 Å². The first-order chi connectivity index (χ1) is 9.96. The molecule has 0 spiro atoms. The number of rotatable bonds is 8. The largest absolute Gasteiger partial charge is 0.327 e. The van der Waals surface area contributed by atoms with Crippen LogP contribution in [0.15, 0.2) is 0 Å². The Bertz CT molecular complexity index is 342. The molecule has 0 aliphatic rings. The van der Waals surface area contributed by atoms with Crippen LogP contribution >= 0.6 is 0 Å². The SMILES string of the molecule is CC(C)(C)CC(N)C(C)(C)CCC(C)(C)CCC(N)C(C)(C)C. The van der Waals surface area contributed by atoms with E-state index in [0.717, 1.165) is 12.8 Å². The van der Waals surface area contributed by atoms with Crippen LogP contribution in [0.1, 0.15) is 101 Å². The molecule has 23 heavy (non-hydrogen) atoms. The van der Waals surface area contributed by atoms with Gasteiger partial charge in [0.1, 0.15) is 0 Å². The maximum Gasteiger partial charge on any atom is 0.00952 e. The van der Waals surface area contributed by atoms with Gasteiger partial charge in [-0.3, -0.25) is 0 Å². The Kier molecular flexibility index (Phi) is 7.84. The summed E-state index contributed by atoms with van der Waals surface area (Å²) >= 11 is 0. The lowest BCUT2D eigenvalue weighted by Crippen LogP contribution is -2.41. The summed E-state index contributed by atoms with van der Waals surface area (Å²) in [5.41, 5.74) is 13.9. The zero-order chi connectivity index (χ0) is 18.7. The van der Waals surface area contributed by atoms with E-state index in [1.807, 2.05) is 0 Å². The first-order valence-corrected chi connectivity index (χ1v) is 9.47. The maximum absolute atomic E-state index is 6.53. The second kappa shape index (κ2) is 7.87. The fourth-order valence-corrected chi connectivity index (χ4v) is 2.89. The van der Waals surface area contributed by atoms with Gasteiger partial charge in [-0.15, -0.1) is 0 Å². The van der Waals surface area contributed by atoms with Crippen molar-refractivity contribution in [1.29, 1.82) is 0 Å². The van der Waals surface area contributed by atoms with Crippen LogP contribution in [0.2, 0.25) is 0 Å². The van der Waals surface area contributed by atoms with Gasteiger partial charge >= 0.3 is 0 Å². The lowest BCUT2D eigenvalue weighted by molar-refractivity contribution is 0.158. The minimum atomic E-state index is 0.191. The van der Waals surface area contributed by atoms with Gasteiger partial charge in [-0.05, 0) is 53.8 Å². The van der Waals surface area contributed by atoms with Crippen molar-refractivity contribution in [2.45, 2.75) is 113 Å². The molecule has 2 heteroatoms. The van der Waals surface area contributed by atoms with Gasteiger partial charge in [0.05, 0.1) is 0 Å². The van der Waals surface area contributed by atoms with Crippen molar-refractivity contribution >= 4 is 0 Å². The third-order valence-corrected chi connectivity index (χ3v) is 5.53. The molecule has 0 radical (unpaired) electrons. The second-order valence-corrected chi connectivity index (χ2v) is 11.5. The third-order valence-electron chi connectivity index (χ3n) is 5.53. The quantitative estimate of drug-likeness (QED) is 0.598. The summed E-state index contributed by atoms with van der Waals surface area (Å²) in [6.07, 6.45) is 5.77. The summed E-state index contributed by atoms with van der Waals surface area (Å²) in [6, 6.07) is 0.535. The molecular formula is C21H46N2. The highest BCUT2D eigenvalue weighted by Crippen LogP contribution is 2.39. The molecule has 140 valence electrons. The smallest absolute Gasteiger partial charge is 0.00952 e. The van der Waals surface area contributed by atoms with Crippen LogP contribution in [-0.4, -0.2) is 12.1 Å². The Balaban J connectivity index is 4.51. The normalized spacial score (nSPS) is 17.2. The van der Waals surface area contributed by atoms with Crippen molar-refractivity contribution in [3.63, 3.8) is 0 Å². The molecule has 0 saturated heterocycles. The Morgan fingerprint density at radius 2 is 1.13 bits per heavy atom. The van der Waals surface area contributed by atoms with Crippen LogP contribution in [-0.2, 0) is 0 Å². The van der Waals surface area contributed by atoms with Gasteiger partial charge in [-0.25, -0.2) is 0 Å². The highest BCUT2D eigenvalue weighted by atomic mass is 14.7. The minimum absolute atomic E-state index is 0.191. The molecule has 0 rings (SSSR count). The summed E-state index contributed by atoms with van der Waals surface area (Å²) < 4.78 is 0. The molecule has 0 amide bonds. The third kappa shape index (κ3) is 9.72. The van der Waals surface area contributed by atoms with Gasteiger partial charge in [-0.1, -0.05) is 69.2 Å². The Hall–Kier alpha value is -0.0800. The highest BCUT2D eigenvalue weighted by Gasteiger charge is 2.32. The van der Waals surface area contributed by atoms with Crippen molar-refractivity contribution in [3.05, 3.63) is 0 Å². The Morgan fingerprint density at radius 1 is 0.652 bits per heavy atom. The molecule has 2 unspecified atom stereocenters.